The summed E-state index contributed by atoms with van der Waals surface area (Å²) >= 11 is 5.99. The van der Waals surface area contributed by atoms with Crippen molar-refractivity contribution in [3.05, 3.63) is 47.1 Å². The Bertz CT molecular complexity index is 588. The van der Waals surface area contributed by atoms with E-state index in [0.717, 1.165) is 42.7 Å². The van der Waals surface area contributed by atoms with Crippen LogP contribution in [0, 0.1) is 0 Å². The molecule has 0 saturated carbocycles. The van der Waals surface area contributed by atoms with Crippen LogP contribution in [0.1, 0.15) is 25.3 Å². The minimum absolute atomic E-state index is 0.765. The van der Waals surface area contributed by atoms with Crippen LogP contribution in [0.25, 0.3) is 0 Å². The van der Waals surface area contributed by atoms with Gasteiger partial charge in [0.1, 0.15) is 5.82 Å². The Balaban J connectivity index is 1.87. The van der Waals surface area contributed by atoms with Crippen molar-refractivity contribution in [3.8, 4) is 0 Å². The second kappa shape index (κ2) is 8.59. The molecule has 0 fully saturated rings. The number of benzene rings is 1. The van der Waals surface area contributed by atoms with Crippen LogP contribution in [0.15, 0.2) is 36.5 Å². The Morgan fingerprint density at radius 1 is 1.27 bits per heavy atom. The van der Waals surface area contributed by atoms with E-state index < -0.39 is 0 Å². The van der Waals surface area contributed by atoms with Crippen molar-refractivity contribution in [1.29, 1.82) is 0 Å². The number of hydrogen-bond donors (Lipinski definition) is 1. The molecule has 0 aliphatic heterocycles. The van der Waals surface area contributed by atoms with Crippen LogP contribution in [-0.2, 0) is 6.42 Å². The summed E-state index contributed by atoms with van der Waals surface area (Å²) in [5.41, 5.74) is 1.22. The maximum Gasteiger partial charge on any atom is 0.226 e. The highest BCUT2D eigenvalue weighted by atomic mass is 35.5. The van der Waals surface area contributed by atoms with Gasteiger partial charge >= 0.3 is 0 Å². The second-order valence-electron chi connectivity index (χ2n) is 5.32. The fourth-order valence-corrected chi connectivity index (χ4v) is 2.37. The monoisotopic (exact) mass is 318 g/mol. The van der Waals surface area contributed by atoms with Gasteiger partial charge in [-0.15, -0.1) is 0 Å². The molecule has 1 N–H and O–H groups in total. The first-order valence-corrected chi connectivity index (χ1v) is 8.09. The van der Waals surface area contributed by atoms with Crippen molar-refractivity contribution in [2.24, 2.45) is 0 Å². The van der Waals surface area contributed by atoms with Crippen LogP contribution < -0.4 is 10.2 Å². The summed E-state index contributed by atoms with van der Waals surface area (Å²) in [7, 11) is 2.03. The first kappa shape index (κ1) is 16.6. The van der Waals surface area contributed by atoms with Gasteiger partial charge in [-0.2, -0.15) is 4.98 Å². The second-order valence-corrected chi connectivity index (χ2v) is 5.76. The summed E-state index contributed by atoms with van der Waals surface area (Å²) in [4.78, 5) is 11.0. The maximum absolute atomic E-state index is 5.99. The number of nitrogens with one attached hydrogen (secondary N) is 1. The molecule has 0 spiro atoms. The zero-order valence-corrected chi connectivity index (χ0v) is 14.0. The fraction of sp³-hybridized carbons (Fsp3) is 0.412. The highest BCUT2D eigenvalue weighted by Gasteiger charge is 2.04. The highest BCUT2D eigenvalue weighted by molar-refractivity contribution is 6.30. The molecule has 4 nitrogen and oxygen atoms in total. The maximum atomic E-state index is 5.99. The van der Waals surface area contributed by atoms with Gasteiger partial charge in [0.15, 0.2) is 0 Å². The Labute approximate surface area is 137 Å². The van der Waals surface area contributed by atoms with Crippen LogP contribution >= 0.6 is 11.6 Å². The summed E-state index contributed by atoms with van der Waals surface area (Å²) in [6.07, 6.45) is 5.02. The Morgan fingerprint density at radius 2 is 2.14 bits per heavy atom. The summed E-state index contributed by atoms with van der Waals surface area (Å²) in [6.45, 7) is 3.97. The number of rotatable bonds is 8. The van der Waals surface area contributed by atoms with Crippen molar-refractivity contribution in [2.45, 2.75) is 26.2 Å². The molecule has 0 bridgehead atoms. The molecule has 0 saturated heterocycles. The largest absolute Gasteiger partial charge is 0.370 e. The van der Waals surface area contributed by atoms with Crippen molar-refractivity contribution < 1.29 is 0 Å². The molecule has 1 aromatic heterocycles. The minimum Gasteiger partial charge on any atom is -0.370 e. The van der Waals surface area contributed by atoms with Gasteiger partial charge in [-0.1, -0.05) is 37.1 Å². The fourth-order valence-electron chi connectivity index (χ4n) is 2.15. The average Bonchev–Trinajstić information content (AvgIpc) is 2.53. The quantitative estimate of drug-likeness (QED) is 0.798. The molecule has 118 valence electrons. The van der Waals surface area contributed by atoms with Gasteiger partial charge in [0, 0.05) is 31.4 Å². The van der Waals surface area contributed by atoms with Crippen molar-refractivity contribution in [2.75, 3.05) is 30.4 Å². The number of aromatic nitrogens is 2. The van der Waals surface area contributed by atoms with Gasteiger partial charge in [-0.05, 0) is 36.6 Å². The van der Waals surface area contributed by atoms with E-state index in [1.54, 1.807) is 6.20 Å². The van der Waals surface area contributed by atoms with Crippen LogP contribution in [0.4, 0.5) is 11.8 Å². The predicted molar refractivity (Wildman–Crippen MR) is 93.9 cm³/mol. The molecule has 0 radical (unpaired) electrons. The lowest BCUT2D eigenvalue weighted by atomic mass is 10.1. The van der Waals surface area contributed by atoms with E-state index in [1.165, 1.54) is 12.0 Å². The topological polar surface area (TPSA) is 41.1 Å². The molecule has 0 amide bonds. The van der Waals surface area contributed by atoms with Gasteiger partial charge in [-0.25, -0.2) is 4.98 Å². The normalized spacial score (nSPS) is 10.5. The summed E-state index contributed by atoms with van der Waals surface area (Å²) in [6, 6.07) is 9.84. The van der Waals surface area contributed by atoms with Crippen molar-refractivity contribution >= 4 is 23.4 Å². The zero-order valence-electron chi connectivity index (χ0n) is 13.2. The molecule has 2 rings (SSSR count). The number of unbranched alkanes of at least 4 members (excludes halogenated alkanes) is 1. The molecule has 0 aliphatic rings. The zero-order chi connectivity index (χ0) is 15.8. The number of hydrogen-bond acceptors (Lipinski definition) is 4. The Morgan fingerprint density at radius 3 is 2.91 bits per heavy atom. The Hall–Kier alpha value is -1.81. The summed E-state index contributed by atoms with van der Waals surface area (Å²) < 4.78 is 0. The highest BCUT2D eigenvalue weighted by Crippen LogP contribution is 2.13. The van der Waals surface area contributed by atoms with E-state index >= 15 is 0 Å². The van der Waals surface area contributed by atoms with E-state index in [0.29, 0.717) is 0 Å². The number of anilines is 2. The van der Waals surface area contributed by atoms with Gasteiger partial charge in [0.2, 0.25) is 5.95 Å². The minimum atomic E-state index is 0.765. The van der Waals surface area contributed by atoms with Gasteiger partial charge < -0.3 is 10.2 Å². The van der Waals surface area contributed by atoms with Crippen LogP contribution in [-0.4, -0.2) is 30.1 Å². The third-order valence-corrected chi connectivity index (χ3v) is 3.68. The van der Waals surface area contributed by atoms with Crippen LogP contribution in [0.2, 0.25) is 5.02 Å². The van der Waals surface area contributed by atoms with Gasteiger partial charge in [0.05, 0.1) is 0 Å². The van der Waals surface area contributed by atoms with Crippen molar-refractivity contribution in [1.82, 2.24) is 9.97 Å². The van der Waals surface area contributed by atoms with E-state index in [1.807, 2.05) is 31.3 Å². The molecular weight excluding hydrogens is 296 g/mol. The first-order chi connectivity index (χ1) is 10.7. The molecule has 0 atom stereocenters. The molecule has 2 aromatic rings. The van der Waals surface area contributed by atoms with E-state index in [9.17, 15) is 0 Å². The molecule has 22 heavy (non-hydrogen) atoms. The van der Waals surface area contributed by atoms with Crippen LogP contribution in [0.5, 0.6) is 0 Å². The van der Waals surface area contributed by atoms with Crippen molar-refractivity contribution in [3.63, 3.8) is 0 Å². The first-order valence-electron chi connectivity index (χ1n) is 7.71. The SMILES string of the molecule is CCCCN(C)c1nccc(NCCc2cccc(Cl)c2)n1. The lowest BCUT2D eigenvalue weighted by Gasteiger charge is -2.17. The standard InChI is InChI=1S/C17H23ClN4/c1-3-4-12-22(2)17-20-11-9-16(21-17)19-10-8-14-6-5-7-15(18)13-14/h5-7,9,11,13H,3-4,8,10,12H2,1-2H3,(H,19,20,21). The molecule has 5 heteroatoms. The van der Waals surface area contributed by atoms with Gasteiger partial charge in [-0.3, -0.25) is 0 Å². The number of halogens is 1. The third kappa shape index (κ3) is 5.19. The van der Waals surface area contributed by atoms with E-state index in [-0.39, 0.29) is 0 Å². The molecule has 0 aliphatic carbocycles. The average molecular weight is 319 g/mol. The summed E-state index contributed by atoms with van der Waals surface area (Å²) in [5, 5.41) is 4.12. The smallest absolute Gasteiger partial charge is 0.226 e. The number of nitrogens with zero attached hydrogens (tertiary/aromatic N) is 3. The Kier molecular flexibility index (Phi) is 6.46. The molecular formula is C17H23ClN4. The van der Waals surface area contributed by atoms with E-state index in [4.69, 9.17) is 11.6 Å². The third-order valence-electron chi connectivity index (χ3n) is 3.44. The molecule has 1 heterocycles. The van der Waals surface area contributed by atoms with E-state index in [2.05, 4.69) is 33.2 Å². The predicted octanol–water partition coefficient (Wildman–Crippen LogP) is 4.02. The lowest BCUT2D eigenvalue weighted by Crippen LogP contribution is -2.21. The van der Waals surface area contributed by atoms with Gasteiger partial charge in [0.25, 0.3) is 0 Å². The molecule has 1 aromatic carbocycles. The molecule has 0 unspecified atom stereocenters. The lowest BCUT2D eigenvalue weighted by molar-refractivity contribution is 0.750. The van der Waals surface area contributed by atoms with Crippen LogP contribution in [0.3, 0.4) is 0 Å². The summed E-state index contributed by atoms with van der Waals surface area (Å²) in [5.74, 6) is 1.62.